The van der Waals surface area contributed by atoms with Crippen molar-refractivity contribution < 1.29 is 36.2 Å². The summed E-state index contributed by atoms with van der Waals surface area (Å²) in [5.41, 5.74) is -3.69. The Morgan fingerprint density at radius 3 is 1.86 bits per heavy atom. The lowest BCUT2D eigenvalue weighted by Crippen LogP contribution is -2.17. The van der Waals surface area contributed by atoms with Gasteiger partial charge in [-0.3, -0.25) is 0 Å². The molecular formula is C20H14F6O2. The summed E-state index contributed by atoms with van der Waals surface area (Å²) in [6, 6.07) is 10.2. The average molecular weight is 400 g/mol. The van der Waals surface area contributed by atoms with Gasteiger partial charge in [0.2, 0.25) is 0 Å². The van der Waals surface area contributed by atoms with Crippen molar-refractivity contribution in [3.63, 3.8) is 0 Å². The molecule has 2 nitrogen and oxygen atoms in total. The van der Waals surface area contributed by atoms with Gasteiger partial charge >= 0.3 is 12.4 Å². The first kappa shape index (κ1) is 19.9. The van der Waals surface area contributed by atoms with Crippen molar-refractivity contribution in [3.05, 3.63) is 70.8 Å². The smallest absolute Gasteiger partial charge is 0.416 e. The molecule has 0 unspecified atom stereocenters. The van der Waals surface area contributed by atoms with Crippen molar-refractivity contribution in [2.75, 3.05) is 7.11 Å². The molecule has 0 aliphatic carbocycles. The summed E-state index contributed by atoms with van der Waals surface area (Å²) in [7, 11) is 1.42. The Bertz CT molecular complexity index is 986. The molecule has 8 heteroatoms. The van der Waals surface area contributed by atoms with Crippen molar-refractivity contribution in [1.82, 2.24) is 0 Å². The Labute approximate surface area is 156 Å². The predicted octanol–water partition coefficient (Wildman–Crippen LogP) is 6.18. The summed E-state index contributed by atoms with van der Waals surface area (Å²) in [5.74, 6) is -0.639. The summed E-state index contributed by atoms with van der Waals surface area (Å²) in [6.45, 7) is 0. The van der Waals surface area contributed by atoms with Crippen LogP contribution >= 0.6 is 0 Å². The van der Waals surface area contributed by atoms with Crippen molar-refractivity contribution >= 4 is 10.8 Å². The van der Waals surface area contributed by atoms with E-state index in [0.717, 1.165) is 0 Å². The standard InChI is InChI=1S/C20H14F6O2/c1-28-18-7-6-11(13-4-2-3-5-14(13)18)8-15-16(19(21,22)23)9-12(27)10-17(15)20(24,25)26/h2-7,9-10,27H,8H2,1H3. The highest BCUT2D eigenvalue weighted by Crippen LogP contribution is 2.43. The number of aromatic hydroxyl groups is 1. The summed E-state index contributed by atoms with van der Waals surface area (Å²) >= 11 is 0. The molecule has 0 radical (unpaired) electrons. The molecule has 28 heavy (non-hydrogen) atoms. The van der Waals surface area contributed by atoms with Crippen molar-refractivity contribution in [2.45, 2.75) is 18.8 Å². The fourth-order valence-electron chi connectivity index (χ4n) is 3.21. The fraction of sp³-hybridized carbons (Fsp3) is 0.200. The highest BCUT2D eigenvalue weighted by atomic mass is 19.4. The monoisotopic (exact) mass is 400 g/mol. The van der Waals surface area contributed by atoms with Crippen LogP contribution in [0.15, 0.2) is 48.5 Å². The summed E-state index contributed by atoms with van der Waals surface area (Å²) < 4.78 is 85.8. The number of phenolic OH excluding ortho intramolecular Hbond substituents is 1. The largest absolute Gasteiger partial charge is 0.508 e. The van der Waals surface area contributed by atoms with Crippen LogP contribution in [0.3, 0.4) is 0 Å². The highest BCUT2D eigenvalue weighted by molar-refractivity contribution is 5.91. The number of alkyl halides is 6. The van der Waals surface area contributed by atoms with Gasteiger partial charge in [-0.15, -0.1) is 0 Å². The molecule has 3 aromatic carbocycles. The van der Waals surface area contributed by atoms with Crippen LogP contribution in [0.25, 0.3) is 10.8 Å². The fourth-order valence-corrected chi connectivity index (χ4v) is 3.21. The molecule has 3 aromatic rings. The second kappa shape index (κ2) is 6.92. The topological polar surface area (TPSA) is 29.5 Å². The van der Waals surface area contributed by atoms with Crippen LogP contribution in [0.4, 0.5) is 26.3 Å². The molecule has 3 rings (SSSR count). The Morgan fingerprint density at radius 2 is 1.36 bits per heavy atom. The molecule has 0 bridgehead atoms. The third kappa shape index (κ3) is 3.72. The molecule has 0 saturated heterocycles. The third-order valence-electron chi connectivity index (χ3n) is 4.41. The number of fused-ring (bicyclic) bond motifs is 1. The Balaban J connectivity index is 2.27. The first-order chi connectivity index (χ1) is 13.0. The van der Waals surface area contributed by atoms with Crippen molar-refractivity contribution in [2.24, 2.45) is 0 Å². The number of phenols is 1. The molecule has 0 atom stereocenters. The molecule has 0 amide bonds. The maximum atomic E-state index is 13.4. The van der Waals surface area contributed by atoms with Gasteiger partial charge in [0.15, 0.2) is 0 Å². The Kier molecular flexibility index (Phi) is 4.91. The maximum Gasteiger partial charge on any atom is 0.416 e. The molecule has 0 saturated carbocycles. The zero-order chi connectivity index (χ0) is 20.7. The molecule has 0 fully saturated rings. The Morgan fingerprint density at radius 1 is 0.821 bits per heavy atom. The van der Waals surface area contributed by atoms with Crippen LogP contribution in [0.2, 0.25) is 0 Å². The van der Waals surface area contributed by atoms with Crippen LogP contribution in [0.5, 0.6) is 11.5 Å². The Hall–Kier alpha value is -2.90. The zero-order valence-corrected chi connectivity index (χ0v) is 14.4. The minimum Gasteiger partial charge on any atom is -0.508 e. The minimum absolute atomic E-state index is 0.276. The number of hydrogen-bond acceptors (Lipinski definition) is 2. The first-order valence-electron chi connectivity index (χ1n) is 8.07. The van der Waals surface area contributed by atoms with Gasteiger partial charge in [0.1, 0.15) is 11.5 Å². The van der Waals surface area contributed by atoms with E-state index in [1.54, 1.807) is 24.3 Å². The molecule has 0 aromatic heterocycles. The second-order valence-electron chi connectivity index (χ2n) is 6.16. The van der Waals surface area contributed by atoms with Gasteiger partial charge in [0.25, 0.3) is 0 Å². The van der Waals surface area contributed by atoms with E-state index in [1.165, 1.54) is 19.2 Å². The van der Waals surface area contributed by atoms with E-state index in [1.807, 2.05) is 0 Å². The van der Waals surface area contributed by atoms with E-state index in [9.17, 15) is 31.4 Å². The lowest BCUT2D eigenvalue weighted by atomic mass is 9.91. The predicted molar refractivity (Wildman–Crippen MR) is 91.4 cm³/mol. The van der Waals surface area contributed by atoms with Gasteiger partial charge in [-0.25, -0.2) is 0 Å². The number of hydrogen-bond donors (Lipinski definition) is 1. The molecule has 148 valence electrons. The molecular weight excluding hydrogens is 386 g/mol. The molecule has 0 heterocycles. The van der Waals surface area contributed by atoms with Gasteiger partial charge in [-0.05, 0) is 41.1 Å². The second-order valence-corrected chi connectivity index (χ2v) is 6.16. The third-order valence-corrected chi connectivity index (χ3v) is 4.41. The summed E-state index contributed by atoms with van der Waals surface area (Å²) in [5, 5.41) is 10.5. The van der Waals surface area contributed by atoms with E-state index in [0.29, 0.717) is 28.7 Å². The van der Waals surface area contributed by atoms with Gasteiger partial charge < -0.3 is 9.84 Å². The number of methoxy groups -OCH3 is 1. The quantitative estimate of drug-likeness (QED) is 0.532. The van der Waals surface area contributed by atoms with Crippen molar-refractivity contribution in [1.29, 1.82) is 0 Å². The van der Waals surface area contributed by atoms with Crippen LogP contribution in [0, 0.1) is 0 Å². The van der Waals surface area contributed by atoms with E-state index in [4.69, 9.17) is 4.74 Å². The van der Waals surface area contributed by atoms with Crippen molar-refractivity contribution in [3.8, 4) is 11.5 Å². The number of halogens is 6. The summed E-state index contributed by atoms with van der Waals surface area (Å²) in [6.07, 6.45) is -10.7. The average Bonchev–Trinajstić information content (AvgIpc) is 2.61. The normalized spacial score (nSPS) is 12.4. The van der Waals surface area contributed by atoms with Crippen LogP contribution in [0.1, 0.15) is 22.3 Å². The summed E-state index contributed by atoms with van der Waals surface area (Å²) in [4.78, 5) is 0. The number of rotatable bonds is 3. The number of benzene rings is 3. The maximum absolute atomic E-state index is 13.4. The number of ether oxygens (including phenoxy) is 1. The molecule has 0 spiro atoms. The highest BCUT2D eigenvalue weighted by Gasteiger charge is 2.41. The van der Waals surface area contributed by atoms with E-state index >= 15 is 0 Å². The van der Waals surface area contributed by atoms with Gasteiger partial charge in [0, 0.05) is 5.39 Å². The van der Waals surface area contributed by atoms with Crippen LogP contribution in [-0.4, -0.2) is 12.2 Å². The minimum atomic E-state index is -5.06. The van der Waals surface area contributed by atoms with Gasteiger partial charge in [0.05, 0.1) is 18.2 Å². The van der Waals surface area contributed by atoms with E-state index in [2.05, 4.69) is 0 Å². The van der Waals surface area contributed by atoms with Crippen LogP contribution in [-0.2, 0) is 18.8 Å². The van der Waals surface area contributed by atoms with E-state index < -0.39 is 41.2 Å². The van der Waals surface area contributed by atoms with E-state index in [-0.39, 0.29) is 5.56 Å². The lowest BCUT2D eigenvalue weighted by molar-refractivity contribution is -0.144. The molecule has 0 aliphatic rings. The van der Waals surface area contributed by atoms with Gasteiger partial charge in [-0.2, -0.15) is 26.3 Å². The first-order valence-corrected chi connectivity index (χ1v) is 8.07. The lowest BCUT2D eigenvalue weighted by Gasteiger charge is -2.20. The zero-order valence-electron chi connectivity index (χ0n) is 14.4. The van der Waals surface area contributed by atoms with Gasteiger partial charge in [-0.1, -0.05) is 30.3 Å². The molecule has 0 aliphatic heterocycles. The SMILES string of the molecule is COc1ccc(Cc2c(C(F)(F)F)cc(O)cc2C(F)(F)F)c2ccccc12. The molecule has 1 N–H and O–H groups in total. The van der Waals surface area contributed by atoms with Crippen LogP contribution < -0.4 is 4.74 Å².